The van der Waals surface area contributed by atoms with Gasteiger partial charge in [0.15, 0.2) is 0 Å². The first-order chi connectivity index (χ1) is 11.3. The van der Waals surface area contributed by atoms with Crippen molar-refractivity contribution in [2.75, 3.05) is 6.61 Å². The second kappa shape index (κ2) is 6.07. The molecule has 1 aliphatic carbocycles. The van der Waals surface area contributed by atoms with Crippen LogP contribution in [-0.4, -0.2) is 22.3 Å². The smallest absolute Gasteiger partial charge is 0.255 e. The number of benzene rings is 1. The number of ether oxygens (including phenoxy) is 1. The minimum Gasteiger partial charge on any atom is -0.492 e. The zero-order chi connectivity index (χ0) is 15.6. The minimum atomic E-state index is -0.0980. The summed E-state index contributed by atoms with van der Waals surface area (Å²) in [5.41, 5.74) is 2.64. The van der Waals surface area contributed by atoms with Crippen LogP contribution in [0.1, 0.15) is 53.3 Å². The van der Waals surface area contributed by atoms with Gasteiger partial charge in [0.2, 0.25) is 0 Å². The molecule has 1 aromatic heterocycles. The molecule has 2 aromatic rings. The van der Waals surface area contributed by atoms with Crippen LogP contribution in [0.25, 0.3) is 0 Å². The Balaban J connectivity index is 1.41. The van der Waals surface area contributed by atoms with Crippen LogP contribution in [0.3, 0.4) is 0 Å². The first-order valence-corrected chi connectivity index (χ1v) is 8.38. The number of amides is 1. The number of hydrogen-bond acceptors (Lipinski definition) is 3. The molecule has 2 heterocycles. The highest BCUT2D eigenvalue weighted by Crippen LogP contribution is 2.30. The van der Waals surface area contributed by atoms with E-state index in [0.717, 1.165) is 23.4 Å². The van der Waals surface area contributed by atoms with Crippen LogP contribution in [0.15, 0.2) is 30.5 Å². The molecule has 1 saturated carbocycles. The summed E-state index contributed by atoms with van der Waals surface area (Å²) in [7, 11) is 0. The van der Waals surface area contributed by atoms with E-state index in [1.165, 1.54) is 25.7 Å². The number of rotatable bonds is 4. The van der Waals surface area contributed by atoms with Crippen LogP contribution < -0.4 is 10.1 Å². The molecule has 0 bridgehead atoms. The van der Waals surface area contributed by atoms with Crippen molar-refractivity contribution in [2.45, 2.75) is 44.7 Å². The lowest BCUT2D eigenvalue weighted by atomic mass is 10.1. The highest BCUT2D eigenvalue weighted by molar-refractivity contribution is 5.97. The number of para-hydroxylation sites is 1. The van der Waals surface area contributed by atoms with Gasteiger partial charge in [0.05, 0.1) is 30.5 Å². The SMILES string of the molecule is O=C(NCc1ccn(C2CCCC2)n1)c1cccc2c1OCC2. The second-order valence-electron chi connectivity index (χ2n) is 6.30. The fraction of sp³-hybridized carbons (Fsp3) is 0.444. The van der Waals surface area contributed by atoms with Crippen molar-refractivity contribution >= 4 is 5.91 Å². The summed E-state index contributed by atoms with van der Waals surface area (Å²) in [6, 6.07) is 8.27. The van der Waals surface area contributed by atoms with Crippen molar-refractivity contribution in [3.63, 3.8) is 0 Å². The molecule has 1 aliphatic heterocycles. The molecule has 1 amide bonds. The Morgan fingerprint density at radius 1 is 1.30 bits per heavy atom. The van der Waals surface area contributed by atoms with E-state index in [0.29, 0.717) is 24.8 Å². The van der Waals surface area contributed by atoms with Gasteiger partial charge in [-0.25, -0.2) is 0 Å². The minimum absolute atomic E-state index is 0.0980. The molecule has 2 aliphatic rings. The van der Waals surface area contributed by atoms with Crippen LogP contribution in [0.2, 0.25) is 0 Å². The van der Waals surface area contributed by atoms with E-state index in [1.54, 1.807) is 0 Å². The largest absolute Gasteiger partial charge is 0.492 e. The number of hydrogen-bond donors (Lipinski definition) is 1. The van der Waals surface area contributed by atoms with E-state index in [2.05, 4.69) is 15.1 Å². The molecule has 0 saturated heterocycles. The van der Waals surface area contributed by atoms with E-state index in [4.69, 9.17) is 4.74 Å². The summed E-state index contributed by atoms with van der Waals surface area (Å²) < 4.78 is 7.65. The first-order valence-electron chi connectivity index (χ1n) is 8.38. The Morgan fingerprint density at radius 3 is 3.04 bits per heavy atom. The van der Waals surface area contributed by atoms with Gasteiger partial charge in [0.1, 0.15) is 5.75 Å². The maximum atomic E-state index is 12.4. The third-order valence-electron chi connectivity index (χ3n) is 4.75. The lowest BCUT2D eigenvalue weighted by Crippen LogP contribution is -2.23. The number of nitrogens with zero attached hydrogens (tertiary/aromatic N) is 2. The van der Waals surface area contributed by atoms with Gasteiger partial charge in [-0.05, 0) is 30.5 Å². The van der Waals surface area contributed by atoms with Gasteiger partial charge >= 0.3 is 0 Å². The molecule has 4 rings (SSSR count). The van der Waals surface area contributed by atoms with E-state index in [9.17, 15) is 4.79 Å². The summed E-state index contributed by atoms with van der Waals surface area (Å²) in [4.78, 5) is 12.4. The van der Waals surface area contributed by atoms with Crippen molar-refractivity contribution in [1.82, 2.24) is 15.1 Å². The Morgan fingerprint density at radius 2 is 2.17 bits per heavy atom. The molecule has 0 spiro atoms. The summed E-state index contributed by atoms with van der Waals surface area (Å²) in [6.07, 6.45) is 7.90. The Bertz CT molecular complexity index is 717. The van der Waals surface area contributed by atoms with Gasteiger partial charge in [-0.3, -0.25) is 9.48 Å². The standard InChI is InChI=1S/C18H21N3O2/c22-18(16-7-3-4-13-9-11-23-17(13)16)19-12-14-8-10-21(20-14)15-5-1-2-6-15/h3-4,7-8,10,15H,1-2,5-6,9,11-12H2,(H,19,22). The normalized spacial score (nSPS) is 17.0. The zero-order valence-corrected chi connectivity index (χ0v) is 13.1. The third kappa shape index (κ3) is 2.83. The predicted octanol–water partition coefficient (Wildman–Crippen LogP) is 2.86. The number of nitrogens with one attached hydrogen (secondary N) is 1. The third-order valence-corrected chi connectivity index (χ3v) is 4.75. The van der Waals surface area contributed by atoms with E-state index >= 15 is 0 Å². The molecule has 5 heteroatoms. The van der Waals surface area contributed by atoms with Crippen LogP contribution >= 0.6 is 0 Å². The molecular formula is C18H21N3O2. The molecule has 5 nitrogen and oxygen atoms in total. The summed E-state index contributed by atoms with van der Waals surface area (Å²) in [5.74, 6) is 0.639. The van der Waals surface area contributed by atoms with Crippen LogP contribution in [0.5, 0.6) is 5.75 Å². The van der Waals surface area contributed by atoms with Crippen molar-refractivity contribution in [2.24, 2.45) is 0 Å². The Labute approximate surface area is 135 Å². The van der Waals surface area contributed by atoms with Gasteiger partial charge in [0, 0.05) is 12.6 Å². The molecule has 0 atom stereocenters. The molecule has 0 radical (unpaired) electrons. The molecule has 120 valence electrons. The quantitative estimate of drug-likeness (QED) is 0.944. The van der Waals surface area contributed by atoms with E-state index in [1.807, 2.05) is 30.5 Å². The second-order valence-corrected chi connectivity index (χ2v) is 6.30. The fourth-order valence-electron chi connectivity index (χ4n) is 3.50. The number of carbonyl (C=O) groups excluding carboxylic acids is 1. The van der Waals surface area contributed by atoms with Crippen LogP contribution in [-0.2, 0) is 13.0 Å². The lowest BCUT2D eigenvalue weighted by molar-refractivity contribution is 0.0947. The van der Waals surface area contributed by atoms with Gasteiger partial charge in [0.25, 0.3) is 5.91 Å². The molecular weight excluding hydrogens is 290 g/mol. The average molecular weight is 311 g/mol. The molecule has 1 aromatic carbocycles. The number of fused-ring (bicyclic) bond motifs is 1. The molecule has 1 N–H and O–H groups in total. The highest BCUT2D eigenvalue weighted by Gasteiger charge is 2.21. The molecule has 0 unspecified atom stereocenters. The lowest BCUT2D eigenvalue weighted by Gasteiger charge is -2.09. The van der Waals surface area contributed by atoms with E-state index < -0.39 is 0 Å². The number of carbonyl (C=O) groups is 1. The van der Waals surface area contributed by atoms with Crippen LogP contribution in [0.4, 0.5) is 0 Å². The van der Waals surface area contributed by atoms with E-state index in [-0.39, 0.29) is 5.91 Å². The zero-order valence-electron chi connectivity index (χ0n) is 13.1. The Kier molecular flexibility index (Phi) is 3.77. The van der Waals surface area contributed by atoms with Gasteiger partial charge in [-0.2, -0.15) is 5.10 Å². The van der Waals surface area contributed by atoms with Crippen molar-refractivity contribution < 1.29 is 9.53 Å². The predicted molar refractivity (Wildman–Crippen MR) is 86.5 cm³/mol. The van der Waals surface area contributed by atoms with Crippen molar-refractivity contribution in [1.29, 1.82) is 0 Å². The van der Waals surface area contributed by atoms with Crippen molar-refractivity contribution in [3.8, 4) is 5.75 Å². The average Bonchev–Trinajstić information content (AvgIpc) is 3.32. The Hall–Kier alpha value is -2.30. The van der Waals surface area contributed by atoms with Crippen LogP contribution in [0, 0.1) is 0 Å². The monoisotopic (exact) mass is 311 g/mol. The van der Waals surface area contributed by atoms with Gasteiger partial charge in [-0.1, -0.05) is 25.0 Å². The molecule has 1 fully saturated rings. The summed E-state index contributed by atoms with van der Waals surface area (Å²) in [6.45, 7) is 1.10. The number of aromatic nitrogens is 2. The van der Waals surface area contributed by atoms with Gasteiger partial charge in [-0.15, -0.1) is 0 Å². The maximum Gasteiger partial charge on any atom is 0.255 e. The van der Waals surface area contributed by atoms with Gasteiger partial charge < -0.3 is 10.1 Å². The summed E-state index contributed by atoms with van der Waals surface area (Å²) >= 11 is 0. The fourth-order valence-corrected chi connectivity index (χ4v) is 3.50. The topological polar surface area (TPSA) is 56.2 Å². The maximum absolute atomic E-state index is 12.4. The molecule has 23 heavy (non-hydrogen) atoms. The van der Waals surface area contributed by atoms with Crippen molar-refractivity contribution in [3.05, 3.63) is 47.3 Å². The highest BCUT2D eigenvalue weighted by atomic mass is 16.5. The first kappa shape index (κ1) is 14.3. The summed E-state index contributed by atoms with van der Waals surface area (Å²) in [5, 5.41) is 7.56.